The van der Waals surface area contributed by atoms with Gasteiger partial charge < -0.3 is 15.4 Å². The van der Waals surface area contributed by atoms with Gasteiger partial charge in [-0.15, -0.1) is 0 Å². The molecule has 4 rings (SSSR count). The number of urea groups is 1. The summed E-state index contributed by atoms with van der Waals surface area (Å²) in [5, 5.41) is 13.9. The summed E-state index contributed by atoms with van der Waals surface area (Å²) in [6.45, 7) is 6.05. The number of hydrogen-bond acceptors (Lipinski definition) is 5. The standard InChI is InChI=1S/C27H25Cl3N6O3/c1-27(2,3)23-14-24(36(35-23)17-10-15(28)9-16(29)11-17)34-26(38)33-21-6-5-18(12-20(21)30)39-19-7-8-32-22(13-19)25(37)31-4/h5-14H,1-4H3,(H,31,37)(H2,33,34,38). The third-order valence-corrected chi connectivity index (χ3v) is 6.18. The summed E-state index contributed by atoms with van der Waals surface area (Å²) in [4.78, 5) is 28.8. The topological polar surface area (TPSA) is 110 Å². The Morgan fingerprint density at radius 3 is 2.23 bits per heavy atom. The number of hydrogen-bond donors (Lipinski definition) is 3. The number of halogens is 3. The van der Waals surface area contributed by atoms with E-state index in [0.29, 0.717) is 38.7 Å². The zero-order chi connectivity index (χ0) is 28.3. The van der Waals surface area contributed by atoms with E-state index in [4.69, 9.17) is 39.5 Å². The molecule has 0 saturated heterocycles. The van der Waals surface area contributed by atoms with Crippen LogP contribution in [0.4, 0.5) is 16.3 Å². The van der Waals surface area contributed by atoms with Crippen LogP contribution in [0.25, 0.3) is 5.69 Å². The molecule has 2 aromatic carbocycles. The molecule has 0 bridgehead atoms. The fourth-order valence-electron chi connectivity index (χ4n) is 3.49. The second-order valence-electron chi connectivity index (χ2n) is 9.48. The second kappa shape index (κ2) is 11.5. The zero-order valence-electron chi connectivity index (χ0n) is 21.5. The van der Waals surface area contributed by atoms with Crippen LogP contribution in [0.15, 0.2) is 60.8 Å². The number of ether oxygens (including phenoxy) is 1. The molecule has 3 N–H and O–H groups in total. The number of amides is 3. The first-order valence-electron chi connectivity index (χ1n) is 11.7. The van der Waals surface area contributed by atoms with Crippen LogP contribution in [0.5, 0.6) is 11.5 Å². The van der Waals surface area contributed by atoms with Crippen molar-refractivity contribution in [1.82, 2.24) is 20.1 Å². The Morgan fingerprint density at radius 1 is 0.897 bits per heavy atom. The molecule has 202 valence electrons. The fourth-order valence-corrected chi connectivity index (χ4v) is 4.22. The van der Waals surface area contributed by atoms with E-state index in [1.165, 1.54) is 19.3 Å². The predicted molar refractivity (Wildman–Crippen MR) is 154 cm³/mol. The van der Waals surface area contributed by atoms with E-state index in [1.54, 1.807) is 53.2 Å². The van der Waals surface area contributed by atoms with E-state index in [1.807, 2.05) is 20.8 Å². The lowest BCUT2D eigenvalue weighted by molar-refractivity contribution is 0.0958. The van der Waals surface area contributed by atoms with Crippen LogP contribution in [-0.4, -0.2) is 33.8 Å². The molecule has 9 nitrogen and oxygen atoms in total. The number of carbonyl (C=O) groups is 2. The van der Waals surface area contributed by atoms with Gasteiger partial charge in [-0.05, 0) is 36.4 Å². The van der Waals surface area contributed by atoms with Crippen molar-refractivity contribution in [1.29, 1.82) is 0 Å². The number of aromatic nitrogens is 3. The molecule has 39 heavy (non-hydrogen) atoms. The molecule has 4 aromatic rings. The number of nitrogens with one attached hydrogen (secondary N) is 3. The first-order chi connectivity index (χ1) is 18.4. The molecule has 12 heteroatoms. The first-order valence-corrected chi connectivity index (χ1v) is 12.9. The van der Waals surface area contributed by atoms with E-state index in [0.717, 1.165) is 5.69 Å². The van der Waals surface area contributed by atoms with Crippen LogP contribution in [-0.2, 0) is 5.41 Å². The molecule has 3 amide bonds. The largest absolute Gasteiger partial charge is 0.457 e. The summed E-state index contributed by atoms with van der Waals surface area (Å²) in [6, 6.07) is 14.2. The van der Waals surface area contributed by atoms with Gasteiger partial charge >= 0.3 is 6.03 Å². The minimum atomic E-state index is -0.537. The molecule has 0 saturated carbocycles. The van der Waals surface area contributed by atoms with Crippen molar-refractivity contribution in [3.8, 4) is 17.2 Å². The maximum Gasteiger partial charge on any atom is 0.324 e. The quantitative estimate of drug-likeness (QED) is 0.219. The highest BCUT2D eigenvalue weighted by Gasteiger charge is 2.22. The van der Waals surface area contributed by atoms with Crippen LogP contribution in [0.1, 0.15) is 37.0 Å². The number of nitrogens with zero attached hydrogens (tertiary/aromatic N) is 3. The molecule has 0 unspecified atom stereocenters. The van der Waals surface area contributed by atoms with Gasteiger partial charge in [-0.2, -0.15) is 5.10 Å². The number of pyridine rings is 1. The summed E-state index contributed by atoms with van der Waals surface area (Å²) in [7, 11) is 1.52. The molecule has 0 spiro atoms. The Hall–Kier alpha value is -3.79. The van der Waals surface area contributed by atoms with Gasteiger partial charge in [0.2, 0.25) is 0 Å². The minimum absolute atomic E-state index is 0.213. The molecule has 0 aliphatic carbocycles. The average molecular weight is 588 g/mol. The number of anilines is 2. The summed E-state index contributed by atoms with van der Waals surface area (Å²) < 4.78 is 7.37. The van der Waals surface area contributed by atoms with Crippen LogP contribution >= 0.6 is 34.8 Å². The van der Waals surface area contributed by atoms with Crippen molar-refractivity contribution in [3.63, 3.8) is 0 Å². The third kappa shape index (κ3) is 7.00. The van der Waals surface area contributed by atoms with Crippen molar-refractivity contribution in [2.45, 2.75) is 26.2 Å². The smallest absolute Gasteiger partial charge is 0.324 e. The lowest BCUT2D eigenvalue weighted by atomic mass is 9.92. The lowest BCUT2D eigenvalue weighted by Crippen LogP contribution is -2.21. The van der Waals surface area contributed by atoms with Gasteiger partial charge in [-0.1, -0.05) is 55.6 Å². The van der Waals surface area contributed by atoms with E-state index in [2.05, 4.69) is 26.0 Å². The molecule has 0 radical (unpaired) electrons. The third-order valence-electron chi connectivity index (χ3n) is 5.43. The van der Waals surface area contributed by atoms with Crippen LogP contribution in [0.2, 0.25) is 15.1 Å². The molecule has 0 atom stereocenters. The average Bonchev–Trinajstić information content (AvgIpc) is 3.29. The highest BCUT2D eigenvalue weighted by Crippen LogP contribution is 2.31. The molecular weight excluding hydrogens is 563 g/mol. The van der Waals surface area contributed by atoms with Crippen molar-refractivity contribution < 1.29 is 14.3 Å². The van der Waals surface area contributed by atoms with Gasteiger partial charge in [-0.25, -0.2) is 9.48 Å². The Kier molecular flexibility index (Phi) is 8.34. The van der Waals surface area contributed by atoms with E-state index in [-0.39, 0.29) is 22.0 Å². The maximum atomic E-state index is 13.0. The van der Waals surface area contributed by atoms with Crippen molar-refractivity contribution in [2.75, 3.05) is 17.7 Å². The van der Waals surface area contributed by atoms with Gasteiger partial charge in [-0.3, -0.25) is 15.1 Å². The molecule has 2 aromatic heterocycles. The Balaban J connectivity index is 1.52. The Bertz CT molecular complexity index is 1530. The van der Waals surface area contributed by atoms with E-state index >= 15 is 0 Å². The second-order valence-corrected chi connectivity index (χ2v) is 10.8. The van der Waals surface area contributed by atoms with E-state index in [9.17, 15) is 9.59 Å². The molecule has 0 aliphatic rings. The van der Waals surface area contributed by atoms with Crippen LogP contribution < -0.4 is 20.7 Å². The van der Waals surface area contributed by atoms with Gasteiger partial charge in [0.25, 0.3) is 5.91 Å². The predicted octanol–water partition coefficient (Wildman–Crippen LogP) is 7.32. The van der Waals surface area contributed by atoms with Crippen molar-refractivity contribution >= 4 is 58.2 Å². The zero-order valence-corrected chi connectivity index (χ0v) is 23.7. The summed E-state index contributed by atoms with van der Waals surface area (Å²) in [5.41, 5.74) is 1.63. The highest BCUT2D eigenvalue weighted by molar-refractivity contribution is 6.35. The molecular formula is C27H25Cl3N6O3. The lowest BCUT2D eigenvalue weighted by Gasteiger charge is -2.14. The molecule has 0 fully saturated rings. The van der Waals surface area contributed by atoms with Gasteiger partial charge in [0.05, 0.1) is 22.1 Å². The normalized spacial score (nSPS) is 11.2. The van der Waals surface area contributed by atoms with Crippen LogP contribution in [0, 0.1) is 0 Å². The van der Waals surface area contributed by atoms with Gasteiger partial charge in [0.15, 0.2) is 0 Å². The van der Waals surface area contributed by atoms with E-state index < -0.39 is 6.03 Å². The number of carbonyl (C=O) groups excluding carboxylic acids is 2. The summed E-state index contributed by atoms with van der Waals surface area (Å²) in [5.74, 6) is 0.891. The number of rotatable bonds is 6. The van der Waals surface area contributed by atoms with Crippen LogP contribution in [0.3, 0.4) is 0 Å². The highest BCUT2D eigenvalue weighted by atomic mass is 35.5. The monoisotopic (exact) mass is 586 g/mol. The Morgan fingerprint density at radius 2 is 1.59 bits per heavy atom. The number of benzene rings is 2. The van der Waals surface area contributed by atoms with Gasteiger partial charge in [0, 0.05) is 46.9 Å². The summed E-state index contributed by atoms with van der Waals surface area (Å²) >= 11 is 18.8. The minimum Gasteiger partial charge on any atom is -0.457 e. The summed E-state index contributed by atoms with van der Waals surface area (Å²) in [6.07, 6.45) is 1.47. The molecule has 2 heterocycles. The van der Waals surface area contributed by atoms with Gasteiger partial charge in [0.1, 0.15) is 23.0 Å². The fraction of sp³-hybridized carbons (Fsp3) is 0.185. The maximum absolute atomic E-state index is 13.0. The van der Waals surface area contributed by atoms with Crippen molar-refractivity contribution in [2.24, 2.45) is 0 Å². The van der Waals surface area contributed by atoms with Crippen molar-refractivity contribution in [3.05, 3.63) is 87.2 Å². The first kappa shape index (κ1) is 28.2. The SMILES string of the molecule is CNC(=O)c1cc(Oc2ccc(NC(=O)Nc3cc(C(C)(C)C)nn3-c3cc(Cl)cc(Cl)c3)c(Cl)c2)ccn1. The Labute approximate surface area is 240 Å². The molecule has 0 aliphatic heterocycles.